The fourth-order valence-electron chi connectivity index (χ4n) is 2.90. The lowest BCUT2D eigenvalue weighted by molar-refractivity contribution is 0.390. The van der Waals surface area contributed by atoms with E-state index in [4.69, 9.17) is 0 Å². The second kappa shape index (κ2) is 4.54. The fraction of sp³-hybridized carbons (Fsp3) is 0.667. The van der Waals surface area contributed by atoms with E-state index in [1.807, 2.05) is 12.4 Å². The molecule has 1 unspecified atom stereocenters. The Hall–Kier alpha value is -1.09. The summed E-state index contributed by atoms with van der Waals surface area (Å²) in [6.45, 7) is 7.04. The number of piperidine rings is 1. The summed E-state index contributed by atoms with van der Waals surface area (Å²) < 4.78 is 0. The molecule has 98 valence electrons. The predicted octanol–water partition coefficient (Wildman–Crippen LogP) is 2.44. The summed E-state index contributed by atoms with van der Waals surface area (Å²) in [5, 5.41) is 3.82. The predicted molar refractivity (Wildman–Crippen MR) is 74.8 cm³/mol. The van der Waals surface area contributed by atoms with Gasteiger partial charge < -0.3 is 10.2 Å². The second-order valence-corrected chi connectivity index (χ2v) is 6.38. The molecule has 1 aliphatic carbocycles. The number of pyridine rings is 1. The average molecular weight is 245 g/mol. The smallest absolute Gasteiger partial charge is 0.0397 e. The molecule has 0 aromatic carbocycles. The Balaban J connectivity index is 1.50. The maximum Gasteiger partial charge on any atom is 0.0397 e. The zero-order valence-corrected chi connectivity index (χ0v) is 11.4. The first-order valence-corrected chi connectivity index (χ1v) is 7.06. The number of rotatable bonds is 3. The van der Waals surface area contributed by atoms with Gasteiger partial charge in [0.05, 0.1) is 0 Å². The van der Waals surface area contributed by atoms with Gasteiger partial charge in [0, 0.05) is 43.3 Å². The Morgan fingerprint density at radius 1 is 1.22 bits per heavy atom. The monoisotopic (exact) mass is 245 g/mol. The average Bonchev–Trinajstić information content (AvgIpc) is 2.98. The van der Waals surface area contributed by atoms with Crippen LogP contribution in [0.1, 0.15) is 33.1 Å². The van der Waals surface area contributed by atoms with Crippen LogP contribution in [0.25, 0.3) is 0 Å². The minimum atomic E-state index is 0.544. The van der Waals surface area contributed by atoms with Gasteiger partial charge in [-0.1, -0.05) is 13.8 Å². The summed E-state index contributed by atoms with van der Waals surface area (Å²) in [5.74, 6) is 0. The minimum absolute atomic E-state index is 0.544. The maximum absolute atomic E-state index is 4.08. The fourth-order valence-corrected chi connectivity index (χ4v) is 2.90. The van der Waals surface area contributed by atoms with Crippen molar-refractivity contribution in [1.82, 2.24) is 10.3 Å². The molecule has 2 aliphatic rings. The Bertz CT molecular complexity index is 393. The largest absolute Gasteiger partial charge is 0.371 e. The summed E-state index contributed by atoms with van der Waals surface area (Å²) in [6.07, 6.45) is 7.63. The van der Waals surface area contributed by atoms with Crippen molar-refractivity contribution in [3.63, 3.8) is 0 Å². The van der Waals surface area contributed by atoms with Crippen LogP contribution < -0.4 is 10.2 Å². The summed E-state index contributed by atoms with van der Waals surface area (Å²) in [4.78, 5) is 6.55. The van der Waals surface area contributed by atoms with Crippen molar-refractivity contribution in [3.05, 3.63) is 24.5 Å². The van der Waals surface area contributed by atoms with E-state index in [2.05, 4.69) is 41.2 Å². The molecule has 1 N–H and O–H groups in total. The van der Waals surface area contributed by atoms with Gasteiger partial charge in [-0.15, -0.1) is 0 Å². The van der Waals surface area contributed by atoms with Crippen molar-refractivity contribution in [2.24, 2.45) is 5.41 Å². The Morgan fingerprint density at radius 2 is 1.83 bits per heavy atom. The summed E-state index contributed by atoms with van der Waals surface area (Å²) >= 11 is 0. The molecule has 2 fully saturated rings. The summed E-state index contributed by atoms with van der Waals surface area (Å²) in [5.41, 5.74) is 1.86. The molecule has 3 rings (SSSR count). The van der Waals surface area contributed by atoms with Crippen LogP contribution in [0.5, 0.6) is 0 Å². The van der Waals surface area contributed by atoms with E-state index in [-0.39, 0.29) is 0 Å². The molecule has 1 saturated heterocycles. The highest BCUT2D eigenvalue weighted by atomic mass is 15.2. The van der Waals surface area contributed by atoms with Gasteiger partial charge in [0.2, 0.25) is 0 Å². The van der Waals surface area contributed by atoms with Crippen molar-refractivity contribution in [2.45, 2.75) is 45.2 Å². The van der Waals surface area contributed by atoms with Crippen molar-refractivity contribution in [1.29, 1.82) is 0 Å². The molecular formula is C15H23N3. The van der Waals surface area contributed by atoms with E-state index < -0.39 is 0 Å². The Kier molecular flexibility index (Phi) is 3.02. The normalized spacial score (nSPS) is 27.2. The quantitative estimate of drug-likeness (QED) is 0.886. The maximum atomic E-state index is 4.08. The van der Waals surface area contributed by atoms with E-state index in [1.54, 1.807) is 0 Å². The Labute approximate surface area is 110 Å². The highest BCUT2D eigenvalue weighted by Crippen LogP contribution is 2.45. The molecule has 1 atom stereocenters. The summed E-state index contributed by atoms with van der Waals surface area (Å²) in [6, 6.07) is 5.69. The van der Waals surface area contributed by atoms with Crippen LogP contribution in [0, 0.1) is 5.41 Å². The van der Waals surface area contributed by atoms with Crippen LogP contribution in [0.15, 0.2) is 24.5 Å². The van der Waals surface area contributed by atoms with E-state index in [0.29, 0.717) is 5.41 Å². The van der Waals surface area contributed by atoms with Crippen LogP contribution in [0.2, 0.25) is 0 Å². The van der Waals surface area contributed by atoms with E-state index in [1.165, 1.54) is 24.9 Å². The van der Waals surface area contributed by atoms with Crippen LogP contribution in [0.4, 0.5) is 5.69 Å². The minimum Gasteiger partial charge on any atom is -0.371 e. The lowest BCUT2D eigenvalue weighted by atomic mass is 10.0. The van der Waals surface area contributed by atoms with Crippen LogP contribution in [-0.4, -0.2) is 30.2 Å². The molecule has 0 amide bonds. The van der Waals surface area contributed by atoms with Gasteiger partial charge in [-0.05, 0) is 36.8 Å². The third kappa shape index (κ3) is 2.51. The molecule has 0 radical (unpaired) electrons. The van der Waals surface area contributed by atoms with Gasteiger partial charge in [0.1, 0.15) is 0 Å². The molecule has 1 saturated carbocycles. The van der Waals surface area contributed by atoms with Crippen LogP contribution >= 0.6 is 0 Å². The van der Waals surface area contributed by atoms with Gasteiger partial charge in [0.25, 0.3) is 0 Å². The molecule has 2 heterocycles. The molecule has 0 bridgehead atoms. The highest BCUT2D eigenvalue weighted by Gasteiger charge is 2.46. The number of nitrogens with zero attached hydrogens (tertiary/aromatic N) is 2. The molecule has 18 heavy (non-hydrogen) atoms. The number of nitrogens with one attached hydrogen (secondary N) is 1. The first-order chi connectivity index (χ1) is 8.65. The van der Waals surface area contributed by atoms with Crippen molar-refractivity contribution < 1.29 is 0 Å². The van der Waals surface area contributed by atoms with Gasteiger partial charge in [-0.3, -0.25) is 4.98 Å². The molecular weight excluding hydrogens is 222 g/mol. The van der Waals surface area contributed by atoms with E-state index >= 15 is 0 Å². The first-order valence-electron chi connectivity index (χ1n) is 7.06. The third-order valence-corrected chi connectivity index (χ3v) is 4.47. The Morgan fingerprint density at radius 3 is 2.39 bits per heavy atom. The number of hydrogen-bond acceptors (Lipinski definition) is 3. The molecule has 1 aromatic heterocycles. The number of aromatic nitrogens is 1. The van der Waals surface area contributed by atoms with E-state index in [0.717, 1.165) is 25.2 Å². The van der Waals surface area contributed by atoms with E-state index in [9.17, 15) is 0 Å². The van der Waals surface area contributed by atoms with Crippen LogP contribution in [0.3, 0.4) is 0 Å². The standard InChI is InChI=1S/C15H23N3/c1-15(2)11-14(15)17-12-5-9-18(10-6-12)13-3-7-16-8-4-13/h3-4,7-8,12,14,17H,5-6,9-11H2,1-2H3. The third-order valence-electron chi connectivity index (χ3n) is 4.47. The van der Waals surface area contributed by atoms with Gasteiger partial charge in [-0.25, -0.2) is 0 Å². The number of anilines is 1. The van der Waals surface area contributed by atoms with Crippen molar-refractivity contribution in [2.75, 3.05) is 18.0 Å². The summed E-state index contributed by atoms with van der Waals surface area (Å²) in [7, 11) is 0. The van der Waals surface area contributed by atoms with Gasteiger partial charge >= 0.3 is 0 Å². The van der Waals surface area contributed by atoms with Gasteiger partial charge in [0.15, 0.2) is 0 Å². The van der Waals surface area contributed by atoms with Crippen molar-refractivity contribution in [3.8, 4) is 0 Å². The first kappa shape index (κ1) is 12.0. The molecule has 1 aliphatic heterocycles. The van der Waals surface area contributed by atoms with Crippen LogP contribution in [-0.2, 0) is 0 Å². The lowest BCUT2D eigenvalue weighted by Crippen LogP contribution is -2.44. The zero-order valence-electron chi connectivity index (χ0n) is 11.4. The zero-order chi connectivity index (χ0) is 12.6. The topological polar surface area (TPSA) is 28.2 Å². The highest BCUT2D eigenvalue weighted by molar-refractivity contribution is 5.44. The molecule has 3 nitrogen and oxygen atoms in total. The second-order valence-electron chi connectivity index (χ2n) is 6.38. The SMILES string of the molecule is CC1(C)CC1NC1CCN(c2ccncc2)CC1. The van der Waals surface area contributed by atoms with Crippen molar-refractivity contribution >= 4 is 5.69 Å². The lowest BCUT2D eigenvalue weighted by Gasteiger charge is -2.34. The number of hydrogen-bond donors (Lipinski definition) is 1. The van der Waals surface area contributed by atoms with Gasteiger partial charge in [-0.2, -0.15) is 0 Å². The molecule has 3 heteroatoms. The molecule has 1 aromatic rings. The molecule has 0 spiro atoms.